The zero-order chi connectivity index (χ0) is 21.1. The molecule has 2 saturated heterocycles. The van der Waals surface area contributed by atoms with Gasteiger partial charge in [-0.05, 0) is 42.0 Å². The zero-order valence-electron chi connectivity index (χ0n) is 16.3. The van der Waals surface area contributed by atoms with Crippen molar-refractivity contribution in [2.45, 2.75) is 6.04 Å². The van der Waals surface area contributed by atoms with Gasteiger partial charge in [-0.3, -0.25) is 19.5 Å². The van der Waals surface area contributed by atoms with E-state index in [9.17, 15) is 14.7 Å². The maximum atomic E-state index is 12.9. The van der Waals surface area contributed by atoms with Gasteiger partial charge in [0.25, 0.3) is 11.7 Å². The molecule has 8 heteroatoms. The molecule has 1 atom stereocenters. The van der Waals surface area contributed by atoms with E-state index in [2.05, 4.69) is 9.88 Å². The summed E-state index contributed by atoms with van der Waals surface area (Å²) in [7, 11) is 0. The monoisotopic (exact) mass is 427 g/mol. The molecule has 7 nitrogen and oxygen atoms in total. The quantitative estimate of drug-likeness (QED) is 0.448. The molecule has 30 heavy (non-hydrogen) atoms. The Balaban J connectivity index is 1.71. The van der Waals surface area contributed by atoms with Crippen LogP contribution in [0.2, 0.25) is 5.02 Å². The lowest BCUT2D eigenvalue weighted by atomic mass is 9.96. The summed E-state index contributed by atoms with van der Waals surface area (Å²) in [6.45, 7) is 3.88. The number of pyridine rings is 1. The summed E-state index contributed by atoms with van der Waals surface area (Å²) < 4.78 is 5.37. The summed E-state index contributed by atoms with van der Waals surface area (Å²) in [6, 6.07) is 9.36. The molecule has 1 amide bonds. The smallest absolute Gasteiger partial charge is 0.295 e. The van der Waals surface area contributed by atoms with Gasteiger partial charge in [0.15, 0.2) is 0 Å². The Morgan fingerprint density at radius 1 is 1.07 bits per heavy atom. The molecule has 1 aromatic heterocycles. The molecule has 156 valence electrons. The van der Waals surface area contributed by atoms with Crippen LogP contribution in [0.1, 0.15) is 17.2 Å². The lowest BCUT2D eigenvalue weighted by molar-refractivity contribution is -0.140. The number of amides is 1. The van der Waals surface area contributed by atoms with Crippen LogP contribution in [0.3, 0.4) is 0 Å². The number of aromatic nitrogens is 1. The van der Waals surface area contributed by atoms with Gasteiger partial charge in [0.2, 0.25) is 0 Å². The van der Waals surface area contributed by atoms with Crippen LogP contribution in [0.5, 0.6) is 0 Å². The van der Waals surface area contributed by atoms with Gasteiger partial charge in [-0.15, -0.1) is 0 Å². The van der Waals surface area contributed by atoms with Crippen LogP contribution in [0.15, 0.2) is 54.4 Å². The van der Waals surface area contributed by atoms with Crippen LogP contribution >= 0.6 is 11.6 Å². The molecule has 2 aliphatic rings. The molecule has 1 aromatic carbocycles. The average Bonchev–Trinajstić information content (AvgIpc) is 3.04. The number of rotatable bonds is 5. The van der Waals surface area contributed by atoms with Gasteiger partial charge in [0.05, 0.1) is 24.8 Å². The van der Waals surface area contributed by atoms with Crippen molar-refractivity contribution >= 4 is 29.1 Å². The second kappa shape index (κ2) is 8.95. The van der Waals surface area contributed by atoms with Crippen molar-refractivity contribution in [2.75, 3.05) is 39.4 Å². The van der Waals surface area contributed by atoms with Gasteiger partial charge in [0.1, 0.15) is 5.76 Å². The number of benzene rings is 1. The van der Waals surface area contributed by atoms with Crippen molar-refractivity contribution < 1.29 is 19.4 Å². The minimum atomic E-state index is -0.689. The van der Waals surface area contributed by atoms with Crippen LogP contribution < -0.4 is 0 Å². The minimum Gasteiger partial charge on any atom is -0.507 e. The predicted octanol–water partition coefficient (Wildman–Crippen LogP) is 2.49. The Morgan fingerprint density at radius 2 is 1.73 bits per heavy atom. The first-order chi connectivity index (χ1) is 14.6. The number of aliphatic hydroxyl groups excluding tert-OH is 1. The summed E-state index contributed by atoms with van der Waals surface area (Å²) in [5.41, 5.74) is 1.24. The van der Waals surface area contributed by atoms with E-state index in [1.807, 2.05) is 0 Å². The second-order valence-electron chi connectivity index (χ2n) is 7.23. The molecule has 0 bridgehead atoms. The summed E-state index contributed by atoms with van der Waals surface area (Å²) in [4.78, 5) is 33.6. The number of morpholine rings is 1. The molecule has 1 unspecified atom stereocenters. The first-order valence-corrected chi connectivity index (χ1v) is 10.2. The molecule has 0 radical (unpaired) electrons. The highest BCUT2D eigenvalue weighted by atomic mass is 35.5. The van der Waals surface area contributed by atoms with Crippen LogP contribution in [-0.4, -0.2) is 71.0 Å². The Bertz CT molecular complexity index is 956. The van der Waals surface area contributed by atoms with E-state index >= 15 is 0 Å². The van der Waals surface area contributed by atoms with Crippen LogP contribution in [0.25, 0.3) is 5.76 Å². The SMILES string of the molecule is O=C1C(=O)N(CCN2CCOCC2)C(c2ccncc2)/C1=C(/O)c1ccc(Cl)cc1. The Kier molecular flexibility index (Phi) is 6.13. The number of carbonyl (C=O) groups is 2. The van der Waals surface area contributed by atoms with E-state index in [0.29, 0.717) is 36.9 Å². The van der Waals surface area contributed by atoms with Gasteiger partial charge < -0.3 is 14.7 Å². The molecular weight excluding hydrogens is 406 g/mol. The fourth-order valence-electron chi connectivity index (χ4n) is 3.84. The molecule has 2 fully saturated rings. The first-order valence-electron chi connectivity index (χ1n) is 9.80. The van der Waals surface area contributed by atoms with Gasteiger partial charge in [-0.2, -0.15) is 0 Å². The summed E-state index contributed by atoms with van der Waals surface area (Å²) in [5.74, 6) is -1.51. The van der Waals surface area contributed by atoms with E-state index < -0.39 is 17.7 Å². The number of ketones is 1. The van der Waals surface area contributed by atoms with Crippen molar-refractivity contribution in [3.8, 4) is 0 Å². The number of nitrogens with zero attached hydrogens (tertiary/aromatic N) is 3. The van der Waals surface area contributed by atoms with Crippen molar-refractivity contribution in [3.05, 3.63) is 70.5 Å². The maximum Gasteiger partial charge on any atom is 0.295 e. The molecule has 2 aliphatic heterocycles. The van der Waals surface area contributed by atoms with Gasteiger partial charge >= 0.3 is 0 Å². The van der Waals surface area contributed by atoms with E-state index in [0.717, 1.165) is 18.7 Å². The summed E-state index contributed by atoms with van der Waals surface area (Å²) in [6.07, 6.45) is 3.22. The summed E-state index contributed by atoms with van der Waals surface area (Å²) in [5, 5.41) is 11.5. The minimum absolute atomic E-state index is 0.0792. The number of aliphatic hydroxyl groups is 1. The molecule has 4 rings (SSSR count). The van der Waals surface area contributed by atoms with E-state index in [4.69, 9.17) is 16.3 Å². The molecule has 3 heterocycles. The maximum absolute atomic E-state index is 12.9. The second-order valence-corrected chi connectivity index (χ2v) is 7.67. The molecule has 0 aliphatic carbocycles. The van der Waals surface area contributed by atoms with E-state index in [1.54, 1.807) is 48.8 Å². The zero-order valence-corrected chi connectivity index (χ0v) is 17.1. The third-order valence-corrected chi connectivity index (χ3v) is 5.69. The van der Waals surface area contributed by atoms with E-state index in [1.165, 1.54) is 4.90 Å². The number of hydrogen-bond donors (Lipinski definition) is 1. The average molecular weight is 428 g/mol. The number of halogens is 1. The highest BCUT2D eigenvalue weighted by molar-refractivity contribution is 6.46. The Labute approximate surface area is 179 Å². The normalized spacial score (nSPS) is 21.9. The number of likely N-dealkylation sites (tertiary alicyclic amines) is 1. The third-order valence-electron chi connectivity index (χ3n) is 5.44. The molecular formula is C22H22ClN3O4. The number of Topliss-reactive ketones (excluding diaryl/α,β-unsaturated/α-hetero) is 1. The highest BCUT2D eigenvalue weighted by Gasteiger charge is 2.46. The molecule has 0 spiro atoms. The van der Waals surface area contributed by atoms with E-state index in [-0.39, 0.29) is 11.3 Å². The van der Waals surface area contributed by atoms with Crippen molar-refractivity contribution in [3.63, 3.8) is 0 Å². The van der Waals surface area contributed by atoms with Crippen molar-refractivity contribution in [1.82, 2.24) is 14.8 Å². The fraction of sp³-hybridized carbons (Fsp3) is 0.318. The van der Waals surface area contributed by atoms with Crippen LogP contribution in [0, 0.1) is 0 Å². The van der Waals surface area contributed by atoms with Gasteiger partial charge in [-0.1, -0.05) is 11.6 Å². The van der Waals surface area contributed by atoms with Crippen LogP contribution in [-0.2, 0) is 14.3 Å². The largest absolute Gasteiger partial charge is 0.507 e. The van der Waals surface area contributed by atoms with Crippen molar-refractivity contribution in [1.29, 1.82) is 0 Å². The lowest BCUT2D eigenvalue weighted by Crippen LogP contribution is -2.42. The third kappa shape index (κ3) is 4.09. The topological polar surface area (TPSA) is 83.0 Å². The number of ether oxygens (including phenoxy) is 1. The predicted molar refractivity (Wildman–Crippen MR) is 112 cm³/mol. The first kappa shape index (κ1) is 20.5. The standard InChI is InChI=1S/C22H22ClN3O4/c23-17-3-1-16(2-4-17)20(27)18-19(15-5-7-24-8-6-15)26(22(29)21(18)28)10-9-25-11-13-30-14-12-25/h1-8,19,27H,9-14H2/b20-18-. The van der Waals surface area contributed by atoms with Gasteiger partial charge in [-0.25, -0.2) is 0 Å². The molecule has 0 saturated carbocycles. The van der Waals surface area contributed by atoms with Crippen LogP contribution in [0.4, 0.5) is 0 Å². The number of hydrogen-bond acceptors (Lipinski definition) is 6. The van der Waals surface area contributed by atoms with Crippen molar-refractivity contribution in [2.24, 2.45) is 0 Å². The highest BCUT2D eigenvalue weighted by Crippen LogP contribution is 2.39. The Morgan fingerprint density at radius 3 is 2.40 bits per heavy atom. The lowest BCUT2D eigenvalue weighted by Gasteiger charge is -2.30. The Hall–Kier alpha value is -2.74. The number of carbonyl (C=O) groups excluding carboxylic acids is 2. The molecule has 1 N–H and O–H groups in total. The fourth-order valence-corrected chi connectivity index (χ4v) is 3.97. The molecule has 2 aromatic rings. The summed E-state index contributed by atoms with van der Waals surface area (Å²) >= 11 is 5.94. The van der Waals surface area contributed by atoms with Gasteiger partial charge in [0, 0.05) is 49.2 Å².